The molecule has 1 amide bonds. The predicted molar refractivity (Wildman–Crippen MR) is 130 cm³/mol. The molecule has 0 aliphatic rings. The summed E-state index contributed by atoms with van der Waals surface area (Å²) in [6.45, 7) is 1.82. The molecule has 1 unspecified atom stereocenters. The number of aromatic nitrogens is 1. The van der Waals surface area contributed by atoms with E-state index in [-0.39, 0.29) is 29.6 Å². The van der Waals surface area contributed by atoms with Gasteiger partial charge < -0.3 is 19.8 Å². The van der Waals surface area contributed by atoms with Gasteiger partial charge in [-0.05, 0) is 30.7 Å². The smallest absolute Gasteiger partial charge is 0.273 e. The Morgan fingerprint density at radius 1 is 1.03 bits per heavy atom. The third kappa shape index (κ3) is 4.17. The van der Waals surface area contributed by atoms with Crippen molar-refractivity contribution in [3.8, 4) is 11.5 Å². The van der Waals surface area contributed by atoms with Crippen molar-refractivity contribution in [3.63, 3.8) is 0 Å². The van der Waals surface area contributed by atoms with E-state index >= 15 is 0 Å². The lowest BCUT2D eigenvalue weighted by molar-refractivity contribution is -0.385. The molecule has 0 saturated carbocycles. The van der Waals surface area contributed by atoms with Crippen molar-refractivity contribution < 1.29 is 19.2 Å². The highest BCUT2D eigenvalue weighted by molar-refractivity contribution is 5.96. The van der Waals surface area contributed by atoms with Gasteiger partial charge >= 0.3 is 0 Å². The minimum Gasteiger partial charge on any atom is -0.493 e. The number of hydrogen-bond donors (Lipinski definition) is 2. The molecule has 0 bridgehead atoms. The van der Waals surface area contributed by atoms with Crippen LogP contribution in [-0.4, -0.2) is 36.6 Å². The molecular weight excluding hydrogens is 434 g/mol. The molecule has 0 spiro atoms. The summed E-state index contributed by atoms with van der Waals surface area (Å²) in [5, 5.41) is 15.3. The van der Waals surface area contributed by atoms with E-state index in [0.29, 0.717) is 17.1 Å². The number of H-pyrrole nitrogens is 1. The van der Waals surface area contributed by atoms with Gasteiger partial charge in [0.05, 0.1) is 19.1 Å². The lowest BCUT2D eigenvalue weighted by atomic mass is 9.89. The van der Waals surface area contributed by atoms with E-state index in [0.717, 1.165) is 22.0 Å². The van der Waals surface area contributed by atoms with Crippen molar-refractivity contribution in [3.05, 3.63) is 99.2 Å². The van der Waals surface area contributed by atoms with Gasteiger partial charge in [0, 0.05) is 52.3 Å². The second-order valence-corrected chi connectivity index (χ2v) is 7.84. The number of para-hydroxylation sites is 2. The van der Waals surface area contributed by atoms with Crippen molar-refractivity contribution >= 4 is 22.5 Å². The number of fused-ring (bicyclic) bond motifs is 1. The lowest BCUT2D eigenvalue weighted by Gasteiger charge is -2.22. The first-order valence-electron chi connectivity index (χ1n) is 10.7. The zero-order valence-electron chi connectivity index (χ0n) is 19.1. The normalized spacial score (nSPS) is 11.7. The van der Waals surface area contributed by atoms with Gasteiger partial charge in [-0.25, -0.2) is 0 Å². The number of carbonyl (C=O) groups is 1. The number of nitrogens with zero attached hydrogens (tertiary/aromatic N) is 1. The Balaban J connectivity index is 1.74. The molecule has 1 atom stereocenters. The van der Waals surface area contributed by atoms with Crippen LogP contribution in [0.25, 0.3) is 10.9 Å². The van der Waals surface area contributed by atoms with Gasteiger partial charge in [-0.3, -0.25) is 14.9 Å². The SMILES string of the molecule is COc1cccc(C(CNC(=O)c2cccc([N+](=O)[O-])c2C)c2c[nH]c3ccccc23)c1OC. The van der Waals surface area contributed by atoms with Crippen LogP contribution < -0.4 is 14.8 Å². The van der Waals surface area contributed by atoms with Crippen LogP contribution in [0, 0.1) is 17.0 Å². The van der Waals surface area contributed by atoms with Crippen molar-refractivity contribution in [2.24, 2.45) is 0 Å². The number of nitro benzene ring substituents is 1. The minimum absolute atomic E-state index is 0.0877. The first-order valence-corrected chi connectivity index (χ1v) is 10.7. The zero-order chi connectivity index (χ0) is 24.2. The quantitative estimate of drug-likeness (QED) is 0.286. The number of hydrogen-bond acceptors (Lipinski definition) is 5. The number of nitro groups is 1. The van der Waals surface area contributed by atoms with Crippen LogP contribution >= 0.6 is 0 Å². The van der Waals surface area contributed by atoms with E-state index in [1.807, 2.05) is 48.7 Å². The number of aromatic amines is 1. The van der Waals surface area contributed by atoms with E-state index in [4.69, 9.17) is 9.47 Å². The number of carbonyl (C=O) groups excluding carboxylic acids is 1. The van der Waals surface area contributed by atoms with Gasteiger partial charge in [0.2, 0.25) is 0 Å². The summed E-state index contributed by atoms with van der Waals surface area (Å²) < 4.78 is 11.2. The van der Waals surface area contributed by atoms with E-state index < -0.39 is 4.92 Å². The Kier molecular flexibility index (Phi) is 6.49. The van der Waals surface area contributed by atoms with Crippen molar-refractivity contribution in [2.75, 3.05) is 20.8 Å². The van der Waals surface area contributed by atoms with Crippen LogP contribution in [-0.2, 0) is 0 Å². The molecule has 8 heteroatoms. The van der Waals surface area contributed by atoms with Crippen LogP contribution in [0.1, 0.15) is 33.0 Å². The van der Waals surface area contributed by atoms with E-state index in [2.05, 4.69) is 10.3 Å². The highest BCUT2D eigenvalue weighted by Crippen LogP contribution is 2.40. The summed E-state index contributed by atoms with van der Waals surface area (Å²) in [6.07, 6.45) is 1.93. The average Bonchev–Trinajstić information content (AvgIpc) is 3.27. The van der Waals surface area contributed by atoms with Crippen LogP contribution in [0.15, 0.2) is 66.9 Å². The molecule has 34 heavy (non-hydrogen) atoms. The number of rotatable bonds is 8. The largest absolute Gasteiger partial charge is 0.493 e. The molecule has 0 saturated heterocycles. The molecule has 0 aliphatic carbocycles. The zero-order valence-corrected chi connectivity index (χ0v) is 19.1. The summed E-state index contributed by atoms with van der Waals surface area (Å²) in [5.41, 5.74) is 3.32. The number of amides is 1. The maximum absolute atomic E-state index is 13.1. The van der Waals surface area contributed by atoms with Gasteiger partial charge in [0.1, 0.15) is 0 Å². The van der Waals surface area contributed by atoms with E-state index in [1.54, 1.807) is 27.2 Å². The molecule has 1 heterocycles. The van der Waals surface area contributed by atoms with Gasteiger partial charge in [0.25, 0.3) is 11.6 Å². The Labute approximate surface area is 196 Å². The van der Waals surface area contributed by atoms with Gasteiger partial charge in [-0.15, -0.1) is 0 Å². The molecule has 0 radical (unpaired) electrons. The molecule has 174 valence electrons. The Morgan fingerprint density at radius 3 is 2.53 bits per heavy atom. The molecule has 2 N–H and O–H groups in total. The minimum atomic E-state index is -0.484. The fourth-order valence-electron chi connectivity index (χ4n) is 4.31. The first kappa shape index (κ1) is 22.8. The monoisotopic (exact) mass is 459 g/mol. The summed E-state index contributed by atoms with van der Waals surface area (Å²) in [4.78, 5) is 27.2. The Morgan fingerprint density at radius 2 is 1.79 bits per heavy atom. The molecule has 4 aromatic rings. The van der Waals surface area contributed by atoms with E-state index in [1.165, 1.54) is 12.1 Å². The molecule has 1 aromatic heterocycles. The van der Waals surface area contributed by atoms with E-state index in [9.17, 15) is 14.9 Å². The summed E-state index contributed by atoms with van der Waals surface area (Å²) in [5.74, 6) is 0.517. The third-order valence-electron chi connectivity index (χ3n) is 6.02. The number of nitrogens with one attached hydrogen (secondary N) is 2. The second-order valence-electron chi connectivity index (χ2n) is 7.84. The fourth-order valence-corrected chi connectivity index (χ4v) is 4.31. The van der Waals surface area contributed by atoms with Crippen molar-refractivity contribution in [1.82, 2.24) is 10.3 Å². The van der Waals surface area contributed by atoms with Crippen molar-refractivity contribution in [1.29, 1.82) is 0 Å². The molecule has 4 rings (SSSR count). The van der Waals surface area contributed by atoms with Crippen LogP contribution in [0.2, 0.25) is 0 Å². The highest BCUT2D eigenvalue weighted by Gasteiger charge is 2.25. The van der Waals surface area contributed by atoms with Crippen LogP contribution in [0.4, 0.5) is 5.69 Å². The predicted octanol–water partition coefficient (Wildman–Crippen LogP) is 4.96. The summed E-state index contributed by atoms with van der Waals surface area (Å²) in [7, 11) is 3.16. The highest BCUT2D eigenvalue weighted by atomic mass is 16.6. The van der Waals surface area contributed by atoms with Crippen LogP contribution in [0.3, 0.4) is 0 Å². The van der Waals surface area contributed by atoms with Gasteiger partial charge in [0.15, 0.2) is 11.5 Å². The number of methoxy groups -OCH3 is 2. The first-order chi connectivity index (χ1) is 16.5. The van der Waals surface area contributed by atoms with Crippen LogP contribution in [0.5, 0.6) is 11.5 Å². The average molecular weight is 460 g/mol. The topological polar surface area (TPSA) is 106 Å². The molecular formula is C26H25N3O5. The third-order valence-corrected chi connectivity index (χ3v) is 6.02. The Bertz CT molecular complexity index is 1360. The molecule has 0 fully saturated rings. The Hall–Kier alpha value is -4.33. The number of benzene rings is 3. The van der Waals surface area contributed by atoms with Gasteiger partial charge in [-0.1, -0.05) is 36.4 Å². The second kappa shape index (κ2) is 9.66. The lowest BCUT2D eigenvalue weighted by Crippen LogP contribution is -2.29. The molecule has 3 aromatic carbocycles. The summed E-state index contributed by atoms with van der Waals surface area (Å²) >= 11 is 0. The number of ether oxygens (including phenoxy) is 2. The molecule has 0 aliphatic heterocycles. The fraction of sp³-hybridized carbons (Fsp3) is 0.192. The van der Waals surface area contributed by atoms with Gasteiger partial charge in [-0.2, -0.15) is 0 Å². The maximum atomic E-state index is 13.1. The summed E-state index contributed by atoms with van der Waals surface area (Å²) in [6, 6.07) is 18.1. The maximum Gasteiger partial charge on any atom is 0.273 e. The standard InChI is InChI=1S/C26H25N3O5/c1-16-17(9-6-12-23(16)29(31)32)26(30)28-15-21(19-10-7-13-24(33-2)25(19)34-3)20-14-27-22-11-5-4-8-18(20)22/h4-14,21,27H,15H2,1-3H3,(H,28,30). The van der Waals surface area contributed by atoms with Crippen molar-refractivity contribution in [2.45, 2.75) is 12.8 Å². The molecule has 8 nitrogen and oxygen atoms in total.